The molecule has 0 amide bonds. The number of rotatable bonds is 4. The molecule has 0 radical (unpaired) electrons. The molecule has 0 aliphatic rings. The number of fused-ring (bicyclic) bond motifs is 1. The highest BCUT2D eigenvalue weighted by atomic mass is 79.9. The number of guanidine groups is 1. The standard InChI is InChI=1S/C16H18BrN5S/c1-11-5-6-23-14(11)8-20-16(18-2)19-7-13-10-22-9-12(17)3-4-15(22)21-13/h3-6,9-10H,7-8H2,1-2H3,(H2,18,19,20). The van der Waals surface area contributed by atoms with E-state index in [0.717, 1.165) is 28.3 Å². The Labute approximate surface area is 147 Å². The molecule has 0 spiro atoms. The topological polar surface area (TPSA) is 53.7 Å². The zero-order valence-corrected chi connectivity index (χ0v) is 15.4. The summed E-state index contributed by atoms with van der Waals surface area (Å²) in [6.45, 7) is 3.53. The predicted octanol–water partition coefficient (Wildman–Crippen LogP) is 3.33. The van der Waals surface area contributed by atoms with E-state index in [2.05, 4.69) is 54.9 Å². The minimum Gasteiger partial charge on any atom is -0.352 e. The fourth-order valence-corrected chi connectivity index (χ4v) is 3.45. The van der Waals surface area contributed by atoms with Gasteiger partial charge in [0.1, 0.15) is 5.65 Å². The lowest BCUT2D eigenvalue weighted by molar-refractivity contribution is 0.802. The summed E-state index contributed by atoms with van der Waals surface area (Å²) in [7, 11) is 1.78. The Kier molecular flexibility index (Phi) is 4.97. The van der Waals surface area contributed by atoms with Gasteiger partial charge in [0.15, 0.2) is 5.96 Å². The SMILES string of the molecule is CN=C(NCc1cn2cc(Br)ccc2n1)NCc1sccc1C. The minimum absolute atomic E-state index is 0.627. The number of hydrogen-bond donors (Lipinski definition) is 2. The van der Waals surface area contributed by atoms with Crippen LogP contribution in [0.3, 0.4) is 0 Å². The number of aromatic nitrogens is 2. The molecule has 3 heterocycles. The Hall–Kier alpha value is -1.86. The maximum atomic E-state index is 4.58. The Morgan fingerprint density at radius 2 is 2.09 bits per heavy atom. The number of aliphatic imine (C=N–C) groups is 1. The second-order valence-corrected chi connectivity index (χ2v) is 7.07. The van der Waals surface area contributed by atoms with Crippen molar-refractivity contribution >= 4 is 38.9 Å². The van der Waals surface area contributed by atoms with E-state index >= 15 is 0 Å². The van der Waals surface area contributed by atoms with Gasteiger partial charge in [-0.3, -0.25) is 4.99 Å². The molecule has 7 heteroatoms. The first kappa shape index (κ1) is 16.0. The Bertz CT molecular complexity index is 836. The number of aryl methyl sites for hydroxylation is 1. The normalized spacial score (nSPS) is 11.9. The van der Waals surface area contributed by atoms with E-state index in [1.165, 1.54) is 10.4 Å². The van der Waals surface area contributed by atoms with Gasteiger partial charge < -0.3 is 15.0 Å². The molecule has 0 saturated heterocycles. The average molecular weight is 392 g/mol. The summed E-state index contributed by atoms with van der Waals surface area (Å²) in [4.78, 5) is 10.2. The summed E-state index contributed by atoms with van der Waals surface area (Å²) < 4.78 is 3.04. The smallest absolute Gasteiger partial charge is 0.191 e. The molecule has 0 aromatic carbocycles. The maximum absolute atomic E-state index is 4.58. The molecule has 5 nitrogen and oxygen atoms in total. The highest BCUT2D eigenvalue weighted by Crippen LogP contribution is 2.15. The monoisotopic (exact) mass is 391 g/mol. The highest BCUT2D eigenvalue weighted by Gasteiger charge is 2.05. The summed E-state index contributed by atoms with van der Waals surface area (Å²) >= 11 is 5.22. The molecule has 3 aromatic heterocycles. The van der Waals surface area contributed by atoms with E-state index in [9.17, 15) is 0 Å². The Balaban J connectivity index is 1.59. The second kappa shape index (κ2) is 7.14. The van der Waals surface area contributed by atoms with Gasteiger partial charge in [0.05, 0.1) is 18.8 Å². The van der Waals surface area contributed by atoms with Crippen LogP contribution in [0.15, 0.2) is 45.4 Å². The number of imidazole rings is 1. The maximum Gasteiger partial charge on any atom is 0.191 e. The van der Waals surface area contributed by atoms with Crippen LogP contribution in [-0.4, -0.2) is 22.4 Å². The quantitative estimate of drug-likeness (QED) is 0.529. The van der Waals surface area contributed by atoms with E-state index in [4.69, 9.17) is 0 Å². The molecule has 3 aromatic rings. The van der Waals surface area contributed by atoms with E-state index < -0.39 is 0 Å². The first-order valence-electron chi connectivity index (χ1n) is 7.26. The van der Waals surface area contributed by atoms with Gasteiger partial charge in [-0.05, 0) is 52.0 Å². The summed E-state index contributed by atoms with van der Waals surface area (Å²) in [6, 6.07) is 6.11. The van der Waals surface area contributed by atoms with E-state index in [-0.39, 0.29) is 0 Å². The molecule has 2 N–H and O–H groups in total. The molecular weight excluding hydrogens is 374 g/mol. The van der Waals surface area contributed by atoms with Crippen LogP contribution in [0.5, 0.6) is 0 Å². The van der Waals surface area contributed by atoms with Crippen LogP contribution in [0.4, 0.5) is 0 Å². The van der Waals surface area contributed by atoms with Crippen LogP contribution < -0.4 is 10.6 Å². The van der Waals surface area contributed by atoms with E-state index in [1.807, 2.05) is 28.9 Å². The zero-order chi connectivity index (χ0) is 16.2. The zero-order valence-electron chi connectivity index (χ0n) is 13.0. The van der Waals surface area contributed by atoms with Crippen molar-refractivity contribution in [1.82, 2.24) is 20.0 Å². The predicted molar refractivity (Wildman–Crippen MR) is 99.0 cm³/mol. The van der Waals surface area contributed by atoms with Crippen molar-refractivity contribution in [2.75, 3.05) is 7.05 Å². The minimum atomic E-state index is 0.627. The molecule has 0 unspecified atom stereocenters. The number of halogens is 1. The van der Waals surface area contributed by atoms with Gasteiger partial charge in [0.2, 0.25) is 0 Å². The van der Waals surface area contributed by atoms with Crippen LogP contribution in [-0.2, 0) is 13.1 Å². The lowest BCUT2D eigenvalue weighted by Crippen LogP contribution is -2.36. The van der Waals surface area contributed by atoms with Gasteiger partial charge in [0.25, 0.3) is 0 Å². The fourth-order valence-electron chi connectivity index (χ4n) is 2.25. The van der Waals surface area contributed by atoms with Crippen LogP contribution in [0.25, 0.3) is 5.65 Å². The molecule has 0 aliphatic carbocycles. The molecule has 0 aliphatic heterocycles. The molecule has 0 atom stereocenters. The van der Waals surface area contributed by atoms with Crippen LogP contribution in [0, 0.1) is 6.92 Å². The van der Waals surface area contributed by atoms with Crippen molar-refractivity contribution in [3.8, 4) is 0 Å². The van der Waals surface area contributed by atoms with Crippen molar-refractivity contribution in [2.45, 2.75) is 20.0 Å². The van der Waals surface area contributed by atoms with Gasteiger partial charge >= 0.3 is 0 Å². The largest absolute Gasteiger partial charge is 0.352 e. The van der Waals surface area contributed by atoms with Gasteiger partial charge in [0, 0.05) is 28.8 Å². The van der Waals surface area contributed by atoms with E-state index in [0.29, 0.717) is 6.54 Å². The number of nitrogens with zero attached hydrogens (tertiary/aromatic N) is 3. The van der Waals surface area contributed by atoms with Crippen molar-refractivity contribution < 1.29 is 0 Å². The first-order chi connectivity index (χ1) is 11.2. The van der Waals surface area contributed by atoms with Crippen molar-refractivity contribution in [3.05, 3.63) is 56.6 Å². The summed E-state index contributed by atoms with van der Waals surface area (Å²) in [5.41, 5.74) is 3.21. The number of pyridine rings is 1. The second-order valence-electron chi connectivity index (χ2n) is 5.15. The molecule has 23 heavy (non-hydrogen) atoms. The third kappa shape index (κ3) is 3.92. The van der Waals surface area contributed by atoms with Gasteiger partial charge in [-0.15, -0.1) is 11.3 Å². The third-order valence-corrected chi connectivity index (χ3v) is 5.00. The Morgan fingerprint density at radius 1 is 1.26 bits per heavy atom. The molecule has 0 fully saturated rings. The van der Waals surface area contributed by atoms with Gasteiger partial charge in [-0.1, -0.05) is 0 Å². The summed E-state index contributed by atoms with van der Waals surface area (Å²) in [5.74, 6) is 0.774. The molecule has 3 rings (SSSR count). The molecule has 120 valence electrons. The molecule has 0 saturated carbocycles. The number of hydrogen-bond acceptors (Lipinski definition) is 3. The van der Waals surface area contributed by atoms with Crippen molar-refractivity contribution in [2.24, 2.45) is 4.99 Å². The number of nitrogens with one attached hydrogen (secondary N) is 2. The average Bonchev–Trinajstić information content (AvgIpc) is 3.13. The Morgan fingerprint density at radius 3 is 2.83 bits per heavy atom. The lowest BCUT2D eigenvalue weighted by atomic mass is 10.3. The van der Waals surface area contributed by atoms with Crippen molar-refractivity contribution in [3.63, 3.8) is 0 Å². The van der Waals surface area contributed by atoms with Gasteiger partial charge in [-0.25, -0.2) is 4.98 Å². The summed E-state index contributed by atoms with van der Waals surface area (Å²) in [5, 5.41) is 8.74. The van der Waals surface area contributed by atoms with E-state index in [1.54, 1.807) is 18.4 Å². The van der Waals surface area contributed by atoms with Gasteiger partial charge in [-0.2, -0.15) is 0 Å². The third-order valence-electron chi connectivity index (χ3n) is 3.51. The fraction of sp³-hybridized carbons (Fsp3) is 0.250. The first-order valence-corrected chi connectivity index (χ1v) is 8.93. The summed E-state index contributed by atoms with van der Waals surface area (Å²) in [6.07, 6.45) is 4.02. The lowest BCUT2D eigenvalue weighted by Gasteiger charge is -2.10. The number of thiophene rings is 1. The molecular formula is C16H18BrN5S. The highest BCUT2D eigenvalue weighted by molar-refractivity contribution is 9.10. The van der Waals surface area contributed by atoms with Crippen LogP contribution in [0.2, 0.25) is 0 Å². The van der Waals surface area contributed by atoms with Crippen LogP contribution >= 0.6 is 27.3 Å². The van der Waals surface area contributed by atoms with Crippen LogP contribution in [0.1, 0.15) is 16.1 Å². The van der Waals surface area contributed by atoms with Crippen molar-refractivity contribution in [1.29, 1.82) is 0 Å². The molecule has 0 bridgehead atoms.